The second-order valence-electron chi connectivity index (χ2n) is 6.97. The molecule has 2 aromatic rings. The topological polar surface area (TPSA) is 79.6 Å². The molecule has 0 aromatic carbocycles. The third-order valence-electron chi connectivity index (χ3n) is 4.04. The Morgan fingerprint density at radius 1 is 1.39 bits per heavy atom. The van der Waals surface area contributed by atoms with Crippen molar-refractivity contribution in [1.29, 1.82) is 0 Å². The van der Waals surface area contributed by atoms with Gasteiger partial charge in [-0.2, -0.15) is 0 Å². The molecule has 1 N–H and O–H groups in total. The van der Waals surface area contributed by atoms with Crippen LogP contribution in [0.25, 0.3) is 4.96 Å². The van der Waals surface area contributed by atoms with Gasteiger partial charge in [0.25, 0.3) is 0 Å². The van der Waals surface area contributed by atoms with Crippen molar-refractivity contribution in [3.8, 4) is 0 Å². The maximum absolute atomic E-state index is 11.7. The lowest BCUT2D eigenvalue weighted by molar-refractivity contribution is 0.212. The number of nitrogens with zero attached hydrogens (tertiary/aromatic N) is 4. The van der Waals surface area contributed by atoms with Crippen molar-refractivity contribution in [2.75, 3.05) is 30.7 Å². The Bertz CT molecular complexity index is 765. The molecule has 0 aliphatic carbocycles. The van der Waals surface area contributed by atoms with Crippen LogP contribution >= 0.6 is 11.3 Å². The first kappa shape index (κ1) is 16.7. The van der Waals surface area contributed by atoms with Gasteiger partial charge in [0.1, 0.15) is 0 Å². The molecule has 7 nitrogen and oxygen atoms in total. The fraction of sp³-hybridized carbons (Fsp3) is 0.714. The molecule has 0 amide bonds. The van der Waals surface area contributed by atoms with E-state index in [1.54, 1.807) is 11.2 Å². The second-order valence-corrected chi connectivity index (χ2v) is 10.2. The first-order chi connectivity index (χ1) is 10.7. The van der Waals surface area contributed by atoms with Crippen LogP contribution in [0.5, 0.6) is 0 Å². The van der Waals surface area contributed by atoms with E-state index < -0.39 is 10.0 Å². The van der Waals surface area contributed by atoms with E-state index in [4.69, 9.17) is 0 Å². The number of hydrogen-bond donors (Lipinski definition) is 1. The summed E-state index contributed by atoms with van der Waals surface area (Å²) in [5.41, 5.74) is 1.04. The summed E-state index contributed by atoms with van der Waals surface area (Å²) in [6, 6.07) is 0. The number of nitrogens with one attached hydrogen (secondary N) is 1. The summed E-state index contributed by atoms with van der Waals surface area (Å²) in [4.78, 5) is 5.49. The molecule has 0 bridgehead atoms. The Balaban J connectivity index is 1.56. The van der Waals surface area contributed by atoms with Crippen LogP contribution in [0.3, 0.4) is 0 Å². The predicted molar refractivity (Wildman–Crippen MR) is 92.6 cm³/mol. The molecule has 23 heavy (non-hydrogen) atoms. The van der Waals surface area contributed by atoms with Crippen molar-refractivity contribution in [3.63, 3.8) is 0 Å². The first-order valence-corrected chi connectivity index (χ1v) is 10.2. The van der Waals surface area contributed by atoms with Crippen molar-refractivity contribution in [2.45, 2.75) is 33.1 Å². The van der Waals surface area contributed by atoms with E-state index in [0.29, 0.717) is 19.0 Å². The van der Waals surface area contributed by atoms with Crippen LogP contribution in [-0.2, 0) is 15.4 Å². The fourth-order valence-corrected chi connectivity index (χ4v) is 4.46. The van der Waals surface area contributed by atoms with Crippen LogP contribution in [-0.4, -0.2) is 52.7 Å². The Hall–Kier alpha value is -1.19. The van der Waals surface area contributed by atoms with Gasteiger partial charge in [0, 0.05) is 31.0 Å². The zero-order chi connectivity index (χ0) is 16.8. The van der Waals surface area contributed by atoms with Gasteiger partial charge in [-0.3, -0.25) is 0 Å². The summed E-state index contributed by atoms with van der Waals surface area (Å²) in [6.07, 6.45) is 1.97. The molecule has 0 radical (unpaired) electrons. The quantitative estimate of drug-likeness (QED) is 0.882. The summed E-state index contributed by atoms with van der Waals surface area (Å²) in [7, 11) is -3.03. The van der Waals surface area contributed by atoms with E-state index in [9.17, 15) is 8.42 Å². The van der Waals surface area contributed by atoms with Gasteiger partial charge in [0.2, 0.25) is 20.1 Å². The number of hydrogen-bond acceptors (Lipinski definition) is 6. The number of fused-ring (bicyclic) bond motifs is 1. The minimum atomic E-state index is -3.03. The standard InChI is InChI=1S/C14H23N5O2S2/c1-5-23(20,21)18-7-10(8-18)6-15-12-17-19-9-11(14(2,3)4)16-13(19)22-12/h9-10H,5-8H2,1-4H3,(H,15,17). The minimum absolute atomic E-state index is 0.0150. The van der Waals surface area contributed by atoms with Crippen molar-refractivity contribution < 1.29 is 8.42 Å². The lowest BCUT2D eigenvalue weighted by Crippen LogP contribution is -2.52. The number of sulfonamides is 1. The SMILES string of the molecule is CCS(=O)(=O)N1CC(CNc2nn3cc(C(C)(C)C)nc3s2)C1. The average Bonchev–Trinajstić information content (AvgIpc) is 2.93. The predicted octanol–water partition coefficient (Wildman–Crippen LogP) is 1.78. The van der Waals surface area contributed by atoms with Gasteiger partial charge in [0.05, 0.1) is 17.6 Å². The highest BCUT2D eigenvalue weighted by Crippen LogP contribution is 2.26. The molecule has 2 aromatic heterocycles. The number of anilines is 1. The van der Waals surface area contributed by atoms with Crippen molar-refractivity contribution in [1.82, 2.24) is 18.9 Å². The number of aromatic nitrogens is 3. The van der Waals surface area contributed by atoms with Gasteiger partial charge in [0.15, 0.2) is 0 Å². The van der Waals surface area contributed by atoms with Gasteiger partial charge in [-0.05, 0) is 6.92 Å². The van der Waals surface area contributed by atoms with Gasteiger partial charge in [-0.1, -0.05) is 32.1 Å². The third kappa shape index (κ3) is 3.36. The molecule has 0 atom stereocenters. The third-order valence-corrected chi connectivity index (χ3v) is 6.73. The molecule has 0 saturated carbocycles. The molecule has 9 heteroatoms. The van der Waals surface area contributed by atoms with E-state index in [1.165, 1.54) is 11.3 Å². The van der Waals surface area contributed by atoms with Crippen molar-refractivity contribution >= 4 is 31.5 Å². The van der Waals surface area contributed by atoms with Gasteiger partial charge in [-0.15, -0.1) is 5.10 Å². The average molecular weight is 358 g/mol. The molecular weight excluding hydrogens is 334 g/mol. The normalized spacial score (nSPS) is 17.6. The van der Waals surface area contributed by atoms with Crippen molar-refractivity contribution in [2.24, 2.45) is 5.92 Å². The molecule has 3 rings (SSSR count). The van der Waals surface area contributed by atoms with Crippen LogP contribution in [0.1, 0.15) is 33.4 Å². The highest BCUT2D eigenvalue weighted by atomic mass is 32.2. The smallest absolute Gasteiger partial charge is 0.214 e. The molecule has 1 saturated heterocycles. The van der Waals surface area contributed by atoms with Gasteiger partial charge in [-0.25, -0.2) is 22.2 Å². The van der Waals surface area contributed by atoms with Crippen LogP contribution in [0.15, 0.2) is 6.20 Å². The maximum atomic E-state index is 11.7. The summed E-state index contributed by atoms with van der Waals surface area (Å²) >= 11 is 1.52. The van der Waals surface area contributed by atoms with Crippen molar-refractivity contribution in [3.05, 3.63) is 11.9 Å². The monoisotopic (exact) mass is 357 g/mol. The molecule has 1 aliphatic rings. The summed E-state index contributed by atoms with van der Waals surface area (Å²) in [5.74, 6) is 0.519. The largest absolute Gasteiger partial charge is 0.360 e. The van der Waals surface area contributed by atoms with E-state index in [2.05, 4.69) is 36.2 Å². The molecule has 1 aliphatic heterocycles. The molecular formula is C14H23N5O2S2. The van der Waals surface area contributed by atoms with Crippen LogP contribution in [0, 0.1) is 5.92 Å². The van der Waals surface area contributed by atoms with E-state index in [0.717, 1.165) is 22.3 Å². The molecule has 3 heterocycles. The van der Waals surface area contributed by atoms with Crippen LogP contribution < -0.4 is 5.32 Å². The highest BCUT2D eigenvalue weighted by molar-refractivity contribution is 7.89. The highest BCUT2D eigenvalue weighted by Gasteiger charge is 2.34. The lowest BCUT2D eigenvalue weighted by Gasteiger charge is -2.37. The summed E-state index contributed by atoms with van der Waals surface area (Å²) < 4.78 is 26.7. The zero-order valence-electron chi connectivity index (χ0n) is 13.9. The van der Waals surface area contributed by atoms with E-state index in [-0.39, 0.29) is 11.2 Å². The molecule has 1 fully saturated rings. The summed E-state index contributed by atoms with van der Waals surface area (Å²) in [5, 5.41) is 8.61. The fourth-order valence-electron chi connectivity index (χ4n) is 2.43. The first-order valence-electron chi connectivity index (χ1n) is 7.77. The Morgan fingerprint density at radius 3 is 2.65 bits per heavy atom. The minimum Gasteiger partial charge on any atom is -0.360 e. The van der Waals surface area contributed by atoms with Crippen LogP contribution in [0.4, 0.5) is 5.13 Å². The lowest BCUT2D eigenvalue weighted by atomic mass is 9.93. The molecule has 0 spiro atoms. The number of rotatable bonds is 5. The zero-order valence-corrected chi connectivity index (χ0v) is 15.5. The maximum Gasteiger partial charge on any atom is 0.214 e. The van der Waals surface area contributed by atoms with Crippen LogP contribution in [0.2, 0.25) is 0 Å². The molecule has 0 unspecified atom stereocenters. The molecule has 128 valence electrons. The van der Waals surface area contributed by atoms with E-state index in [1.807, 2.05) is 10.7 Å². The Morgan fingerprint density at radius 2 is 2.09 bits per heavy atom. The Kier molecular flexibility index (Phi) is 4.14. The Labute approximate surface area is 140 Å². The van der Waals surface area contributed by atoms with Gasteiger partial charge >= 0.3 is 0 Å². The van der Waals surface area contributed by atoms with Gasteiger partial charge < -0.3 is 5.32 Å². The van der Waals surface area contributed by atoms with E-state index >= 15 is 0 Å². The second kappa shape index (κ2) is 5.71. The summed E-state index contributed by atoms with van der Waals surface area (Å²) in [6.45, 7) is 10.00. The number of imidazole rings is 1.